The van der Waals surface area contributed by atoms with Crippen LogP contribution in [0.15, 0.2) is 24.4 Å². The van der Waals surface area contributed by atoms with E-state index in [-0.39, 0.29) is 10.6 Å². The lowest BCUT2D eigenvalue weighted by Crippen LogP contribution is -1.96. The third kappa shape index (κ3) is 1.87. The Hall–Kier alpha value is -1.95. The van der Waals surface area contributed by atoms with Crippen molar-refractivity contribution in [3.63, 3.8) is 0 Å². The lowest BCUT2D eigenvalue weighted by molar-refractivity contribution is 0.0703. The van der Waals surface area contributed by atoms with Gasteiger partial charge < -0.3 is 10.8 Å². The van der Waals surface area contributed by atoms with Crippen LogP contribution in [-0.4, -0.2) is 16.1 Å². The van der Waals surface area contributed by atoms with Crippen LogP contribution in [-0.2, 0) is 0 Å². The van der Waals surface area contributed by atoms with Gasteiger partial charge in [0.2, 0.25) is 0 Å². The van der Waals surface area contributed by atoms with E-state index in [1.807, 2.05) is 0 Å². The summed E-state index contributed by atoms with van der Waals surface area (Å²) in [5.74, 6) is -1.51. The third-order valence-corrected chi connectivity index (χ3v) is 3.10. The summed E-state index contributed by atoms with van der Waals surface area (Å²) in [5.41, 5.74) is 6.24. The van der Waals surface area contributed by atoms with E-state index in [0.29, 0.717) is 10.6 Å². The number of aromatic carboxylic acids is 1. The highest BCUT2D eigenvalue weighted by molar-refractivity contribution is 7.17. The molecule has 2 aromatic heterocycles. The second-order valence-corrected chi connectivity index (χ2v) is 4.11. The summed E-state index contributed by atoms with van der Waals surface area (Å²) in [4.78, 5) is 15.3. The summed E-state index contributed by atoms with van der Waals surface area (Å²) >= 11 is 1.02. The highest BCUT2D eigenvalue weighted by Gasteiger charge is 2.14. The number of carboxylic acids is 1. The molecule has 0 saturated heterocycles. The number of nitrogens with zero attached hydrogens (tertiary/aromatic N) is 1. The highest BCUT2D eigenvalue weighted by atomic mass is 32.1. The van der Waals surface area contributed by atoms with Crippen LogP contribution in [0.1, 0.15) is 9.67 Å². The number of aromatic nitrogens is 1. The van der Waals surface area contributed by atoms with E-state index in [1.54, 1.807) is 0 Å². The van der Waals surface area contributed by atoms with Gasteiger partial charge >= 0.3 is 5.97 Å². The van der Waals surface area contributed by atoms with E-state index >= 15 is 0 Å². The standard InChI is InChI=1S/C10H7FN2O2S/c11-5-1-2-7(13-4-5)8-3-6(12)9(16-8)10(14)15/h1-4H,12H2,(H,14,15). The topological polar surface area (TPSA) is 76.2 Å². The average molecular weight is 238 g/mol. The largest absolute Gasteiger partial charge is 0.477 e. The predicted molar refractivity (Wildman–Crippen MR) is 58.9 cm³/mol. The summed E-state index contributed by atoms with van der Waals surface area (Å²) in [6.45, 7) is 0. The molecule has 0 unspecified atom stereocenters. The highest BCUT2D eigenvalue weighted by Crippen LogP contribution is 2.31. The molecule has 0 amide bonds. The van der Waals surface area contributed by atoms with Crippen LogP contribution >= 0.6 is 11.3 Å². The Morgan fingerprint density at radius 1 is 1.50 bits per heavy atom. The van der Waals surface area contributed by atoms with E-state index in [1.165, 1.54) is 18.2 Å². The molecular formula is C10H7FN2O2S. The molecule has 0 saturated carbocycles. The molecule has 2 rings (SSSR count). The first-order chi connectivity index (χ1) is 7.58. The molecule has 0 atom stereocenters. The molecule has 2 heterocycles. The zero-order valence-corrected chi connectivity index (χ0v) is 8.79. The van der Waals surface area contributed by atoms with Crippen LogP contribution in [0.4, 0.5) is 10.1 Å². The number of nitrogens with two attached hydrogens (primary N) is 1. The van der Waals surface area contributed by atoms with E-state index in [9.17, 15) is 9.18 Å². The fraction of sp³-hybridized carbons (Fsp3) is 0. The van der Waals surface area contributed by atoms with Gasteiger partial charge in [-0.15, -0.1) is 11.3 Å². The fourth-order valence-electron chi connectivity index (χ4n) is 1.22. The van der Waals surface area contributed by atoms with Crippen molar-refractivity contribution < 1.29 is 14.3 Å². The van der Waals surface area contributed by atoms with Gasteiger partial charge in [-0.3, -0.25) is 4.98 Å². The third-order valence-electron chi connectivity index (χ3n) is 1.93. The number of carbonyl (C=O) groups is 1. The van der Waals surface area contributed by atoms with Crippen LogP contribution in [0.5, 0.6) is 0 Å². The maximum Gasteiger partial charge on any atom is 0.348 e. The lowest BCUT2D eigenvalue weighted by Gasteiger charge is -1.94. The first-order valence-corrected chi connectivity index (χ1v) is 5.14. The zero-order valence-electron chi connectivity index (χ0n) is 7.98. The molecule has 0 bridgehead atoms. The second-order valence-electron chi connectivity index (χ2n) is 3.06. The van der Waals surface area contributed by atoms with Crippen LogP contribution < -0.4 is 5.73 Å². The SMILES string of the molecule is Nc1cc(-c2ccc(F)cn2)sc1C(=O)O. The van der Waals surface area contributed by atoms with Gasteiger partial charge in [0, 0.05) is 0 Å². The van der Waals surface area contributed by atoms with Crippen molar-refractivity contribution in [3.05, 3.63) is 35.1 Å². The van der Waals surface area contributed by atoms with Crippen LogP contribution in [0, 0.1) is 5.82 Å². The van der Waals surface area contributed by atoms with Crippen molar-refractivity contribution in [3.8, 4) is 10.6 Å². The number of halogens is 1. The van der Waals surface area contributed by atoms with E-state index in [4.69, 9.17) is 10.8 Å². The number of carboxylic acid groups (broad SMARTS) is 1. The minimum atomic E-state index is -1.07. The lowest BCUT2D eigenvalue weighted by atomic mass is 10.3. The second kappa shape index (κ2) is 3.90. The van der Waals surface area contributed by atoms with Crippen molar-refractivity contribution in [2.45, 2.75) is 0 Å². The monoisotopic (exact) mass is 238 g/mol. The Kier molecular flexibility index (Phi) is 2.57. The molecule has 0 aliphatic heterocycles. The number of nitrogen functional groups attached to an aromatic ring is 1. The van der Waals surface area contributed by atoms with Crippen molar-refractivity contribution >= 4 is 23.0 Å². The van der Waals surface area contributed by atoms with Crippen molar-refractivity contribution in [2.75, 3.05) is 5.73 Å². The van der Waals surface area contributed by atoms with Crippen molar-refractivity contribution in [1.29, 1.82) is 0 Å². The van der Waals surface area contributed by atoms with Crippen LogP contribution in [0.2, 0.25) is 0 Å². The van der Waals surface area contributed by atoms with Crippen molar-refractivity contribution in [1.82, 2.24) is 4.98 Å². The molecule has 82 valence electrons. The molecule has 0 aromatic carbocycles. The summed E-state index contributed by atoms with van der Waals surface area (Å²) in [6, 6.07) is 4.26. The predicted octanol–water partition coefficient (Wildman–Crippen LogP) is 2.23. The summed E-state index contributed by atoms with van der Waals surface area (Å²) in [6.07, 6.45) is 1.08. The van der Waals surface area contributed by atoms with E-state index in [2.05, 4.69) is 4.98 Å². The van der Waals surface area contributed by atoms with E-state index < -0.39 is 11.8 Å². The van der Waals surface area contributed by atoms with Gasteiger partial charge in [0.05, 0.1) is 22.5 Å². The number of rotatable bonds is 2. The number of anilines is 1. The Morgan fingerprint density at radius 2 is 2.25 bits per heavy atom. The summed E-state index contributed by atoms with van der Waals surface area (Å²) in [5, 5.41) is 8.82. The van der Waals surface area contributed by atoms with Crippen molar-refractivity contribution in [2.24, 2.45) is 0 Å². The van der Waals surface area contributed by atoms with Crippen LogP contribution in [0.3, 0.4) is 0 Å². The number of pyridine rings is 1. The number of thiophene rings is 1. The minimum absolute atomic E-state index is 0.0705. The summed E-state index contributed by atoms with van der Waals surface area (Å²) in [7, 11) is 0. The van der Waals surface area contributed by atoms with Gasteiger partial charge in [-0.25, -0.2) is 9.18 Å². The minimum Gasteiger partial charge on any atom is -0.477 e. The molecule has 3 N–H and O–H groups in total. The van der Waals surface area contributed by atoms with Gasteiger partial charge in [0.15, 0.2) is 0 Å². The first kappa shape index (κ1) is 10.6. The molecule has 6 heteroatoms. The molecule has 0 fully saturated rings. The first-order valence-electron chi connectivity index (χ1n) is 4.32. The summed E-state index contributed by atoms with van der Waals surface area (Å²) < 4.78 is 12.6. The maximum absolute atomic E-state index is 12.6. The van der Waals surface area contributed by atoms with Gasteiger partial charge in [-0.05, 0) is 18.2 Å². The molecule has 0 aliphatic carbocycles. The fourth-order valence-corrected chi connectivity index (χ4v) is 2.12. The molecule has 0 aliphatic rings. The average Bonchev–Trinajstić information content (AvgIpc) is 2.61. The van der Waals surface area contributed by atoms with Gasteiger partial charge in [-0.1, -0.05) is 0 Å². The quantitative estimate of drug-likeness (QED) is 0.841. The van der Waals surface area contributed by atoms with Crippen LogP contribution in [0.25, 0.3) is 10.6 Å². The Balaban J connectivity index is 2.45. The maximum atomic E-state index is 12.6. The molecular weight excluding hydrogens is 231 g/mol. The van der Waals surface area contributed by atoms with Gasteiger partial charge in [0.25, 0.3) is 0 Å². The molecule has 4 nitrogen and oxygen atoms in total. The van der Waals surface area contributed by atoms with Gasteiger partial charge in [0.1, 0.15) is 10.7 Å². The van der Waals surface area contributed by atoms with E-state index in [0.717, 1.165) is 17.5 Å². The molecule has 0 spiro atoms. The Labute approximate surface area is 94.2 Å². The normalized spacial score (nSPS) is 10.3. The molecule has 16 heavy (non-hydrogen) atoms. The molecule has 0 radical (unpaired) electrons. The Bertz CT molecular complexity index is 536. The Morgan fingerprint density at radius 3 is 2.75 bits per heavy atom. The zero-order chi connectivity index (χ0) is 11.7. The molecule has 2 aromatic rings. The van der Waals surface area contributed by atoms with Gasteiger partial charge in [-0.2, -0.15) is 0 Å². The smallest absolute Gasteiger partial charge is 0.348 e. The number of hydrogen-bond donors (Lipinski definition) is 2. The number of hydrogen-bond acceptors (Lipinski definition) is 4.